The lowest BCUT2D eigenvalue weighted by Gasteiger charge is -2.04. The number of hydrogen-bond acceptors (Lipinski definition) is 5. The monoisotopic (exact) mass is 384 g/mol. The molecule has 0 bridgehead atoms. The Balaban J connectivity index is 1.51. The number of esters is 1. The molecule has 2 heterocycles. The molecule has 0 saturated carbocycles. The molecule has 4 aromatic rings. The largest absolute Gasteiger partial charge is 0.464 e. The van der Waals surface area contributed by atoms with Crippen molar-refractivity contribution in [3.8, 4) is 0 Å². The summed E-state index contributed by atoms with van der Waals surface area (Å²) < 4.78 is 11.2. The first-order chi connectivity index (χ1) is 12.6. The zero-order valence-electron chi connectivity index (χ0n) is 13.5. The van der Waals surface area contributed by atoms with Crippen LogP contribution >= 0.6 is 22.9 Å². The Morgan fingerprint density at radius 2 is 1.92 bits per heavy atom. The summed E-state index contributed by atoms with van der Waals surface area (Å²) in [6, 6.07) is 15.0. The molecule has 0 spiro atoms. The molecule has 0 saturated heterocycles. The van der Waals surface area contributed by atoms with E-state index in [2.05, 4.69) is 0 Å². The van der Waals surface area contributed by atoms with Crippen molar-refractivity contribution in [1.82, 2.24) is 0 Å². The highest BCUT2D eigenvalue weighted by atomic mass is 35.5. The van der Waals surface area contributed by atoms with Crippen LogP contribution in [0.25, 0.3) is 21.7 Å². The van der Waals surface area contributed by atoms with Gasteiger partial charge < -0.3 is 9.15 Å². The Morgan fingerprint density at radius 3 is 2.73 bits per heavy atom. The maximum atomic E-state index is 12.2. The number of furan rings is 1. The molecule has 2 aromatic heterocycles. The molecule has 0 radical (unpaired) electrons. The van der Waals surface area contributed by atoms with Gasteiger partial charge in [0.1, 0.15) is 5.58 Å². The Kier molecular flexibility index (Phi) is 4.49. The third-order valence-corrected chi connectivity index (χ3v) is 5.36. The summed E-state index contributed by atoms with van der Waals surface area (Å²) in [4.78, 5) is 24.7. The van der Waals surface area contributed by atoms with E-state index in [9.17, 15) is 9.59 Å². The van der Waals surface area contributed by atoms with Crippen LogP contribution in [0.1, 0.15) is 15.2 Å². The molecule has 0 amide bonds. The summed E-state index contributed by atoms with van der Waals surface area (Å²) in [6.45, 7) is -0.299. The van der Waals surface area contributed by atoms with Crippen LogP contribution in [0.5, 0.6) is 0 Å². The van der Waals surface area contributed by atoms with Crippen molar-refractivity contribution < 1.29 is 18.7 Å². The third-order valence-electron chi connectivity index (χ3n) is 4.09. The highest BCUT2D eigenvalue weighted by Gasteiger charge is 2.16. The van der Waals surface area contributed by atoms with E-state index in [0.717, 1.165) is 27.3 Å². The molecule has 4 rings (SSSR count). The Hall–Kier alpha value is -2.63. The van der Waals surface area contributed by atoms with Crippen molar-refractivity contribution in [2.45, 2.75) is 6.42 Å². The van der Waals surface area contributed by atoms with Crippen molar-refractivity contribution in [2.24, 2.45) is 0 Å². The Bertz CT molecular complexity index is 1130. The number of Topliss-reactive ketones (excluding diaryl/α,β-unsaturated/α-hetero) is 1. The van der Waals surface area contributed by atoms with Gasteiger partial charge in [-0.1, -0.05) is 41.9 Å². The molecule has 0 aliphatic rings. The number of benzene rings is 2. The number of ether oxygens (including phenoxy) is 1. The summed E-state index contributed by atoms with van der Waals surface area (Å²) in [5.74, 6) is -0.741. The lowest BCUT2D eigenvalue weighted by atomic mass is 10.0. The molecule has 130 valence electrons. The normalized spacial score (nSPS) is 11.1. The highest BCUT2D eigenvalue weighted by Crippen LogP contribution is 2.30. The molecule has 0 fully saturated rings. The van der Waals surface area contributed by atoms with Gasteiger partial charge in [0, 0.05) is 10.9 Å². The molecule has 0 N–H and O–H groups in total. The van der Waals surface area contributed by atoms with E-state index in [1.54, 1.807) is 18.4 Å². The minimum absolute atomic E-state index is 0.0412. The molecule has 0 unspecified atom stereocenters. The summed E-state index contributed by atoms with van der Waals surface area (Å²) in [6.07, 6.45) is 1.61. The van der Waals surface area contributed by atoms with Crippen molar-refractivity contribution in [3.63, 3.8) is 0 Å². The minimum Gasteiger partial charge on any atom is -0.464 e. The quantitative estimate of drug-likeness (QED) is 0.347. The minimum atomic E-state index is -0.475. The second kappa shape index (κ2) is 6.94. The van der Waals surface area contributed by atoms with Gasteiger partial charge in [-0.25, -0.2) is 0 Å². The second-order valence-electron chi connectivity index (χ2n) is 5.79. The van der Waals surface area contributed by atoms with E-state index in [1.165, 1.54) is 11.3 Å². The van der Waals surface area contributed by atoms with Gasteiger partial charge in [-0.2, -0.15) is 0 Å². The van der Waals surface area contributed by atoms with Crippen LogP contribution < -0.4 is 0 Å². The van der Waals surface area contributed by atoms with Gasteiger partial charge in [0.15, 0.2) is 6.61 Å². The third kappa shape index (κ3) is 3.23. The first-order valence-corrected chi connectivity index (χ1v) is 9.13. The molecule has 0 aliphatic heterocycles. The molecule has 4 nitrogen and oxygen atoms in total. The smallest absolute Gasteiger partial charge is 0.310 e. The number of hydrogen-bond donors (Lipinski definition) is 0. The highest BCUT2D eigenvalue weighted by molar-refractivity contribution is 7.18. The summed E-state index contributed by atoms with van der Waals surface area (Å²) in [7, 11) is 0. The van der Waals surface area contributed by atoms with E-state index in [1.807, 2.05) is 36.4 Å². The van der Waals surface area contributed by atoms with E-state index >= 15 is 0 Å². The fourth-order valence-corrected chi connectivity index (χ4v) is 3.86. The number of carbonyl (C=O) groups excluding carboxylic acids is 2. The maximum Gasteiger partial charge on any atom is 0.310 e. The zero-order valence-corrected chi connectivity index (χ0v) is 15.1. The van der Waals surface area contributed by atoms with Crippen molar-refractivity contribution in [2.75, 3.05) is 6.61 Å². The number of ketones is 1. The van der Waals surface area contributed by atoms with Crippen LogP contribution in [0.4, 0.5) is 0 Å². The predicted octanol–water partition coefficient (Wildman–Crippen LogP) is 5.27. The first kappa shape index (κ1) is 16.8. The summed E-state index contributed by atoms with van der Waals surface area (Å²) in [5, 5.41) is 2.99. The van der Waals surface area contributed by atoms with Gasteiger partial charge in [0.2, 0.25) is 5.78 Å². The molecule has 26 heavy (non-hydrogen) atoms. The van der Waals surface area contributed by atoms with Crippen molar-refractivity contribution in [1.29, 1.82) is 0 Å². The fraction of sp³-hybridized carbons (Fsp3) is 0.100. The molecule has 6 heteroatoms. The van der Waals surface area contributed by atoms with Gasteiger partial charge in [0.05, 0.1) is 21.9 Å². The van der Waals surface area contributed by atoms with E-state index < -0.39 is 5.97 Å². The Labute approximate surface area is 157 Å². The van der Waals surface area contributed by atoms with E-state index in [-0.39, 0.29) is 18.8 Å². The summed E-state index contributed by atoms with van der Waals surface area (Å²) >= 11 is 6.98. The lowest BCUT2D eigenvalue weighted by molar-refractivity contribution is -0.141. The van der Waals surface area contributed by atoms with Gasteiger partial charge >= 0.3 is 5.97 Å². The second-order valence-corrected chi connectivity index (χ2v) is 7.50. The molecule has 0 atom stereocenters. The average molecular weight is 385 g/mol. The van der Waals surface area contributed by atoms with Crippen LogP contribution in [-0.4, -0.2) is 18.4 Å². The molecule has 0 aliphatic carbocycles. The average Bonchev–Trinajstić information content (AvgIpc) is 3.26. The number of rotatable bonds is 5. The number of carbonyl (C=O) groups is 2. The van der Waals surface area contributed by atoms with Gasteiger partial charge in [0.25, 0.3) is 0 Å². The van der Waals surface area contributed by atoms with Gasteiger partial charge in [-0.05, 0) is 29.0 Å². The van der Waals surface area contributed by atoms with E-state index in [0.29, 0.717) is 9.21 Å². The molecular formula is C20H13ClO4S. The van der Waals surface area contributed by atoms with Gasteiger partial charge in [-0.15, -0.1) is 11.3 Å². The van der Waals surface area contributed by atoms with Crippen LogP contribution in [0.15, 0.2) is 59.2 Å². The topological polar surface area (TPSA) is 56.5 Å². The SMILES string of the molecule is O=C(Cc1coc2ccc3ccccc3c12)OCC(=O)c1ccc(Cl)s1. The van der Waals surface area contributed by atoms with Crippen LogP contribution in [-0.2, 0) is 16.0 Å². The van der Waals surface area contributed by atoms with Crippen molar-refractivity contribution in [3.05, 3.63) is 69.6 Å². The fourth-order valence-electron chi connectivity index (χ4n) is 2.89. The van der Waals surface area contributed by atoms with Crippen LogP contribution in [0.2, 0.25) is 4.34 Å². The zero-order chi connectivity index (χ0) is 18.1. The number of halogens is 1. The number of thiophene rings is 1. The first-order valence-electron chi connectivity index (χ1n) is 7.94. The molecule has 2 aromatic carbocycles. The lowest BCUT2D eigenvalue weighted by Crippen LogP contribution is -2.14. The molecular weight excluding hydrogens is 372 g/mol. The van der Waals surface area contributed by atoms with Crippen molar-refractivity contribution >= 4 is 56.4 Å². The van der Waals surface area contributed by atoms with E-state index in [4.69, 9.17) is 20.8 Å². The van der Waals surface area contributed by atoms with Crippen LogP contribution in [0, 0.1) is 0 Å². The van der Waals surface area contributed by atoms with Gasteiger partial charge in [-0.3, -0.25) is 9.59 Å². The standard InChI is InChI=1S/C20H13ClO4S/c21-18-8-7-17(26-18)15(22)11-25-19(23)9-13-10-24-16-6-5-12-3-1-2-4-14(12)20(13)16/h1-8,10H,9,11H2. The predicted molar refractivity (Wildman–Crippen MR) is 102 cm³/mol. The Morgan fingerprint density at radius 1 is 1.08 bits per heavy atom. The summed E-state index contributed by atoms with van der Waals surface area (Å²) in [5.41, 5.74) is 1.46. The van der Waals surface area contributed by atoms with Crippen LogP contribution in [0.3, 0.4) is 0 Å². The number of fused-ring (bicyclic) bond motifs is 3. The maximum absolute atomic E-state index is 12.2.